The molecule has 0 aliphatic rings. The topological polar surface area (TPSA) is 54.0 Å². The van der Waals surface area contributed by atoms with E-state index in [4.69, 9.17) is 23.2 Å². The molecule has 0 saturated heterocycles. The van der Waals surface area contributed by atoms with Crippen molar-refractivity contribution in [1.29, 1.82) is 0 Å². The minimum absolute atomic E-state index is 0.260. The van der Waals surface area contributed by atoms with Gasteiger partial charge in [-0.25, -0.2) is 4.98 Å². The molecular formula is C14H12BrCl2N3O. The zero-order chi connectivity index (χ0) is 15.4. The van der Waals surface area contributed by atoms with E-state index in [1.165, 1.54) is 6.07 Å². The summed E-state index contributed by atoms with van der Waals surface area (Å²) in [4.78, 5) is 16.3. The number of rotatable bonds is 4. The summed E-state index contributed by atoms with van der Waals surface area (Å²) in [6.45, 7) is 2.63. The summed E-state index contributed by atoms with van der Waals surface area (Å²) in [6, 6.07) is 8.32. The van der Waals surface area contributed by atoms with Crippen LogP contribution in [0.5, 0.6) is 0 Å². The predicted molar refractivity (Wildman–Crippen MR) is 90.5 cm³/mol. The average molecular weight is 389 g/mol. The summed E-state index contributed by atoms with van der Waals surface area (Å²) >= 11 is 15.2. The van der Waals surface area contributed by atoms with E-state index in [0.29, 0.717) is 33.1 Å². The van der Waals surface area contributed by atoms with E-state index in [2.05, 4.69) is 31.5 Å². The molecule has 0 radical (unpaired) electrons. The Morgan fingerprint density at radius 1 is 1.29 bits per heavy atom. The Morgan fingerprint density at radius 3 is 2.71 bits per heavy atom. The highest BCUT2D eigenvalue weighted by molar-refractivity contribution is 9.10. The van der Waals surface area contributed by atoms with E-state index in [9.17, 15) is 4.79 Å². The highest BCUT2D eigenvalue weighted by Gasteiger charge is 2.10. The first-order valence-corrected chi connectivity index (χ1v) is 7.72. The molecule has 1 aromatic heterocycles. The molecule has 2 aromatic rings. The molecule has 1 amide bonds. The van der Waals surface area contributed by atoms with Crippen molar-refractivity contribution in [2.45, 2.75) is 6.92 Å². The van der Waals surface area contributed by atoms with E-state index in [0.717, 1.165) is 0 Å². The van der Waals surface area contributed by atoms with Gasteiger partial charge >= 0.3 is 0 Å². The van der Waals surface area contributed by atoms with E-state index in [-0.39, 0.29) is 11.1 Å². The zero-order valence-electron chi connectivity index (χ0n) is 11.1. The number of halogens is 3. The van der Waals surface area contributed by atoms with E-state index < -0.39 is 0 Å². The lowest BCUT2D eigenvalue weighted by atomic mass is 10.2. The standard InChI is InChI=1S/C14H12BrCl2N3O/c1-2-18-13-6-8(5-12(17)20-13)14(21)19-9-3-4-11(16)10(15)7-9/h3-7H,2H2,1H3,(H,18,20)(H,19,21). The van der Waals surface area contributed by atoms with Crippen LogP contribution in [0.4, 0.5) is 11.5 Å². The maximum absolute atomic E-state index is 12.2. The molecule has 0 saturated carbocycles. The van der Waals surface area contributed by atoms with Crippen LogP contribution in [-0.2, 0) is 0 Å². The van der Waals surface area contributed by atoms with Crippen molar-refractivity contribution in [3.63, 3.8) is 0 Å². The first-order valence-electron chi connectivity index (χ1n) is 6.17. The van der Waals surface area contributed by atoms with E-state index >= 15 is 0 Å². The first kappa shape index (κ1) is 16.1. The molecule has 7 heteroatoms. The van der Waals surface area contributed by atoms with Gasteiger partial charge in [0.1, 0.15) is 11.0 Å². The molecule has 0 spiro atoms. The van der Waals surface area contributed by atoms with Gasteiger partial charge in [-0.2, -0.15) is 0 Å². The van der Waals surface area contributed by atoms with Gasteiger partial charge in [0.15, 0.2) is 0 Å². The lowest BCUT2D eigenvalue weighted by Crippen LogP contribution is -2.13. The molecule has 110 valence electrons. The summed E-state index contributed by atoms with van der Waals surface area (Å²) in [6.07, 6.45) is 0. The molecule has 0 aliphatic carbocycles. The number of hydrogen-bond acceptors (Lipinski definition) is 3. The maximum Gasteiger partial charge on any atom is 0.255 e. The third-order valence-corrected chi connectivity index (χ3v) is 4.00. The quantitative estimate of drug-likeness (QED) is 0.737. The van der Waals surface area contributed by atoms with Gasteiger partial charge in [-0.15, -0.1) is 0 Å². The number of amides is 1. The summed E-state index contributed by atoms with van der Waals surface area (Å²) in [5.41, 5.74) is 1.06. The molecule has 4 nitrogen and oxygen atoms in total. The van der Waals surface area contributed by atoms with Gasteiger partial charge in [-0.05, 0) is 53.2 Å². The Labute approximate surface area is 141 Å². The first-order chi connectivity index (χ1) is 9.99. The van der Waals surface area contributed by atoms with Gasteiger partial charge in [0.2, 0.25) is 0 Å². The lowest BCUT2D eigenvalue weighted by molar-refractivity contribution is 0.102. The van der Waals surface area contributed by atoms with Crippen LogP contribution >= 0.6 is 39.1 Å². The number of carbonyl (C=O) groups excluding carboxylic acids is 1. The molecule has 21 heavy (non-hydrogen) atoms. The fourth-order valence-corrected chi connectivity index (χ4v) is 2.38. The van der Waals surface area contributed by atoms with Crippen molar-refractivity contribution in [3.8, 4) is 0 Å². The van der Waals surface area contributed by atoms with Crippen molar-refractivity contribution in [2.24, 2.45) is 0 Å². The molecule has 0 aliphatic heterocycles. The van der Waals surface area contributed by atoms with Crippen LogP contribution < -0.4 is 10.6 Å². The van der Waals surface area contributed by atoms with Crippen molar-refractivity contribution >= 4 is 56.5 Å². The second-order valence-corrected chi connectivity index (χ2v) is 5.83. The SMILES string of the molecule is CCNc1cc(C(=O)Nc2ccc(Cl)c(Br)c2)cc(Cl)n1. The van der Waals surface area contributed by atoms with Crippen molar-refractivity contribution < 1.29 is 4.79 Å². The predicted octanol–water partition coefficient (Wildman–Crippen LogP) is 4.84. The van der Waals surface area contributed by atoms with E-state index in [1.807, 2.05) is 6.92 Å². The Morgan fingerprint density at radius 2 is 2.05 bits per heavy atom. The molecule has 1 heterocycles. The Hall–Kier alpha value is -1.30. The molecule has 0 unspecified atom stereocenters. The zero-order valence-corrected chi connectivity index (χ0v) is 14.2. The Balaban J connectivity index is 2.21. The molecule has 0 atom stereocenters. The van der Waals surface area contributed by atoms with Crippen molar-refractivity contribution in [2.75, 3.05) is 17.2 Å². The van der Waals surface area contributed by atoms with Crippen molar-refractivity contribution in [1.82, 2.24) is 4.98 Å². The summed E-state index contributed by atoms with van der Waals surface area (Å²) in [7, 11) is 0. The Bertz CT molecular complexity index is 679. The third kappa shape index (κ3) is 4.33. The van der Waals surface area contributed by atoms with Gasteiger partial charge in [0.25, 0.3) is 5.91 Å². The highest BCUT2D eigenvalue weighted by atomic mass is 79.9. The summed E-state index contributed by atoms with van der Waals surface area (Å²) in [5, 5.41) is 6.64. The lowest BCUT2D eigenvalue weighted by Gasteiger charge is -2.09. The number of nitrogens with zero attached hydrogens (tertiary/aromatic N) is 1. The van der Waals surface area contributed by atoms with Gasteiger partial charge in [0, 0.05) is 22.3 Å². The molecule has 2 rings (SSSR count). The molecule has 1 aromatic carbocycles. The van der Waals surface area contributed by atoms with Gasteiger partial charge in [-0.1, -0.05) is 23.2 Å². The summed E-state index contributed by atoms with van der Waals surface area (Å²) < 4.78 is 0.711. The summed E-state index contributed by atoms with van der Waals surface area (Å²) in [5.74, 6) is 0.292. The number of aromatic nitrogens is 1. The highest BCUT2D eigenvalue weighted by Crippen LogP contribution is 2.26. The molecule has 0 fully saturated rings. The van der Waals surface area contributed by atoms with Crippen LogP contribution in [0.25, 0.3) is 0 Å². The number of carbonyl (C=O) groups is 1. The number of anilines is 2. The molecule has 2 N–H and O–H groups in total. The fourth-order valence-electron chi connectivity index (χ4n) is 1.68. The van der Waals surface area contributed by atoms with Gasteiger partial charge in [-0.3, -0.25) is 4.79 Å². The minimum atomic E-state index is -0.271. The smallest absolute Gasteiger partial charge is 0.255 e. The van der Waals surface area contributed by atoms with Crippen LogP contribution in [0.3, 0.4) is 0 Å². The number of pyridine rings is 1. The van der Waals surface area contributed by atoms with Crippen LogP contribution in [0.15, 0.2) is 34.8 Å². The average Bonchev–Trinajstić information content (AvgIpc) is 2.42. The van der Waals surface area contributed by atoms with Crippen molar-refractivity contribution in [3.05, 3.63) is 50.5 Å². The molecular weight excluding hydrogens is 377 g/mol. The Kier molecular flexibility index (Phi) is 5.45. The fraction of sp³-hybridized carbons (Fsp3) is 0.143. The minimum Gasteiger partial charge on any atom is -0.370 e. The monoisotopic (exact) mass is 387 g/mol. The van der Waals surface area contributed by atoms with Crippen LogP contribution in [0, 0.1) is 0 Å². The van der Waals surface area contributed by atoms with Crippen LogP contribution in [-0.4, -0.2) is 17.4 Å². The second-order valence-electron chi connectivity index (χ2n) is 4.18. The maximum atomic E-state index is 12.2. The van der Waals surface area contributed by atoms with E-state index in [1.54, 1.807) is 24.3 Å². The number of benzene rings is 1. The number of nitrogens with one attached hydrogen (secondary N) is 2. The second kappa shape index (κ2) is 7.11. The normalized spacial score (nSPS) is 10.3. The molecule has 0 bridgehead atoms. The van der Waals surface area contributed by atoms with Crippen LogP contribution in [0.1, 0.15) is 17.3 Å². The largest absolute Gasteiger partial charge is 0.370 e. The third-order valence-electron chi connectivity index (χ3n) is 2.59. The van der Waals surface area contributed by atoms with Gasteiger partial charge in [0.05, 0.1) is 5.02 Å². The van der Waals surface area contributed by atoms with Crippen LogP contribution in [0.2, 0.25) is 10.2 Å². The van der Waals surface area contributed by atoms with Gasteiger partial charge < -0.3 is 10.6 Å². The number of hydrogen-bond donors (Lipinski definition) is 2.